The summed E-state index contributed by atoms with van der Waals surface area (Å²) < 4.78 is 10.5. The van der Waals surface area contributed by atoms with Crippen molar-refractivity contribution in [1.29, 1.82) is 0 Å². The fourth-order valence-electron chi connectivity index (χ4n) is 2.92. The first-order chi connectivity index (χ1) is 12.1. The molecule has 0 saturated heterocycles. The highest BCUT2D eigenvalue weighted by molar-refractivity contribution is 5.79. The number of methoxy groups -OCH3 is 1. The first kappa shape index (κ1) is 16.8. The Kier molecular flexibility index (Phi) is 4.88. The third kappa shape index (κ3) is 3.74. The number of hydrogen-bond donors (Lipinski definition) is 1. The number of carboxylic acids is 1. The molecule has 0 aliphatic carbocycles. The van der Waals surface area contributed by atoms with Crippen LogP contribution in [0.1, 0.15) is 22.6 Å². The maximum atomic E-state index is 12.4. The number of carbonyl (C=O) groups excluding carboxylic acids is 1. The van der Waals surface area contributed by atoms with E-state index in [-0.39, 0.29) is 13.2 Å². The number of fused-ring (bicyclic) bond motifs is 1. The predicted molar refractivity (Wildman–Crippen MR) is 90.4 cm³/mol. The standard InChI is InChI=1S/C19H19NO5/c1-24-15-8-7-14-10-20(11-17(18(21)22)16(14)9-15)19(23)25-12-13-5-3-2-4-6-13/h2-9,17H,10-12H2,1H3,(H,21,22). The highest BCUT2D eigenvalue weighted by atomic mass is 16.6. The van der Waals surface area contributed by atoms with Gasteiger partial charge in [-0.15, -0.1) is 0 Å². The molecule has 2 aromatic carbocycles. The Balaban J connectivity index is 1.75. The van der Waals surface area contributed by atoms with E-state index in [1.807, 2.05) is 30.3 Å². The Hall–Kier alpha value is -3.02. The van der Waals surface area contributed by atoms with E-state index in [0.717, 1.165) is 11.1 Å². The van der Waals surface area contributed by atoms with Gasteiger partial charge in [0.25, 0.3) is 0 Å². The van der Waals surface area contributed by atoms with Gasteiger partial charge in [-0.1, -0.05) is 36.4 Å². The highest BCUT2D eigenvalue weighted by Gasteiger charge is 2.33. The van der Waals surface area contributed by atoms with Crippen LogP contribution in [0, 0.1) is 0 Å². The number of nitrogens with zero attached hydrogens (tertiary/aromatic N) is 1. The van der Waals surface area contributed by atoms with Crippen molar-refractivity contribution in [3.63, 3.8) is 0 Å². The van der Waals surface area contributed by atoms with E-state index >= 15 is 0 Å². The maximum Gasteiger partial charge on any atom is 0.410 e. The van der Waals surface area contributed by atoms with Gasteiger partial charge in [0.2, 0.25) is 0 Å². The lowest BCUT2D eigenvalue weighted by Crippen LogP contribution is -2.40. The van der Waals surface area contributed by atoms with Crippen LogP contribution in [0.25, 0.3) is 0 Å². The minimum atomic E-state index is -0.977. The number of carboxylic acid groups (broad SMARTS) is 1. The number of hydrogen-bond acceptors (Lipinski definition) is 4. The van der Waals surface area contributed by atoms with Crippen molar-refractivity contribution in [2.75, 3.05) is 13.7 Å². The lowest BCUT2D eigenvalue weighted by atomic mass is 9.89. The molecule has 1 amide bonds. The quantitative estimate of drug-likeness (QED) is 0.925. The van der Waals surface area contributed by atoms with Crippen LogP contribution in [0.3, 0.4) is 0 Å². The smallest absolute Gasteiger partial charge is 0.410 e. The molecule has 1 heterocycles. The molecule has 0 spiro atoms. The number of carbonyl (C=O) groups is 2. The molecule has 1 aliphatic heterocycles. The van der Waals surface area contributed by atoms with Gasteiger partial charge in [0.15, 0.2) is 0 Å². The maximum absolute atomic E-state index is 12.4. The summed E-state index contributed by atoms with van der Waals surface area (Å²) in [6.07, 6.45) is -0.517. The molecule has 0 saturated carbocycles. The monoisotopic (exact) mass is 341 g/mol. The second kappa shape index (κ2) is 7.25. The van der Waals surface area contributed by atoms with Crippen LogP contribution in [-0.2, 0) is 22.7 Å². The van der Waals surface area contributed by atoms with Crippen molar-refractivity contribution in [1.82, 2.24) is 4.90 Å². The molecule has 1 unspecified atom stereocenters. The number of benzene rings is 2. The topological polar surface area (TPSA) is 76.1 Å². The number of ether oxygens (including phenoxy) is 2. The zero-order valence-corrected chi connectivity index (χ0v) is 13.8. The predicted octanol–water partition coefficient (Wildman–Crippen LogP) is 3.02. The molecule has 6 heteroatoms. The van der Waals surface area contributed by atoms with Gasteiger partial charge in [0, 0.05) is 13.1 Å². The number of rotatable bonds is 4. The third-order valence-corrected chi connectivity index (χ3v) is 4.25. The lowest BCUT2D eigenvalue weighted by Gasteiger charge is -2.32. The van der Waals surface area contributed by atoms with Gasteiger partial charge in [-0.05, 0) is 28.8 Å². The van der Waals surface area contributed by atoms with Gasteiger partial charge < -0.3 is 19.5 Å². The minimum Gasteiger partial charge on any atom is -0.497 e. The molecule has 1 atom stereocenters. The summed E-state index contributed by atoms with van der Waals surface area (Å²) in [5.74, 6) is -1.18. The van der Waals surface area contributed by atoms with Crippen molar-refractivity contribution in [3.05, 3.63) is 65.2 Å². The lowest BCUT2D eigenvalue weighted by molar-refractivity contribution is -0.139. The van der Waals surface area contributed by atoms with Gasteiger partial charge in [-0.3, -0.25) is 4.79 Å². The van der Waals surface area contributed by atoms with Crippen LogP contribution in [0.2, 0.25) is 0 Å². The van der Waals surface area contributed by atoms with Gasteiger partial charge >= 0.3 is 12.1 Å². The van der Waals surface area contributed by atoms with Gasteiger partial charge in [0.05, 0.1) is 13.0 Å². The van der Waals surface area contributed by atoms with E-state index in [1.54, 1.807) is 18.2 Å². The van der Waals surface area contributed by atoms with E-state index in [4.69, 9.17) is 9.47 Å². The summed E-state index contributed by atoms with van der Waals surface area (Å²) >= 11 is 0. The number of aliphatic carboxylic acids is 1. The Morgan fingerprint density at radius 3 is 2.64 bits per heavy atom. The van der Waals surface area contributed by atoms with Crippen LogP contribution >= 0.6 is 0 Å². The van der Waals surface area contributed by atoms with E-state index in [1.165, 1.54) is 12.0 Å². The molecule has 0 bridgehead atoms. The summed E-state index contributed by atoms with van der Waals surface area (Å²) in [4.78, 5) is 25.4. The fraction of sp³-hybridized carbons (Fsp3) is 0.263. The average Bonchev–Trinajstić information content (AvgIpc) is 2.65. The van der Waals surface area contributed by atoms with Crippen molar-refractivity contribution < 1.29 is 24.2 Å². The van der Waals surface area contributed by atoms with Crippen LogP contribution < -0.4 is 4.74 Å². The van der Waals surface area contributed by atoms with Crippen LogP contribution in [0.15, 0.2) is 48.5 Å². The molecule has 3 rings (SSSR count). The molecule has 0 aromatic heterocycles. The summed E-state index contributed by atoms with van der Waals surface area (Å²) in [6, 6.07) is 14.6. The molecule has 0 fully saturated rings. The summed E-state index contributed by atoms with van der Waals surface area (Å²) in [5, 5.41) is 9.54. The summed E-state index contributed by atoms with van der Waals surface area (Å²) in [5.41, 5.74) is 2.35. The van der Waals surface area contributed by atoms with Crippen LogP contribution in [0.4, 0.5) is 4.79 Å². The van der Waals surface area contributed by atoms with Crippen LogP contribution in [-0.4, -0.2) is 35.7 Å². The first-order valence-electron chi connectivity index (χ1n) is 7.93. The molecule has 1 aliphatic rings. The van der Waals surface area contributed by atoms with Gasteiger partial charge in [0.1, 0.15) is 12.4 Å². The third-order valence-electron chi connectivity index (χ3n) is 4.25. The molecule has 130 valence electrons. The molecular weight excluding hydrogens is 322 g/mol. The van der Waals surface area contributed by atoms with Gasteiger partial charge in [-0.2, -0.15) is 0 Å². The Morgan fingerprint density at radius 1 is 1.20 bits per heavy atom. The Labute approximate surface area is 145 Å². The Morgan fingerprint density at radius 2 is 1.96 bits per heavy atom. The Bertz CT molecular complexity index is 775. The molecule has 1 N–H and O–H groups in total. The highest BCUT2D eigenvalue weighted by Crippen LogP contribution is 2.32. The zero-order chi connectivity index (χ0) is 17.8. The second-order valence-electron chi connectivity index (χ2n) is 5.88. The first-order valence-corrected chi connectivity index (χ1v) is 7.93. The van der Waals surface area contributed by atoms with E-state index in [9.17, 15) is 14.7 Å². The molecular formula is C19H19NO5. The van der Waals surface area contributed by atoms with Gasteiger partial charge in [-0.25, -0.2) is 4.79 Å². The normalized spacial score (nSPS) is 16.0. The van der Waals surface area contributed by atoms with Crippen molar-refractivity contribution in [2.45, 2.75) is 19.1 Å². The molecule has 6 nitrogen and oxygen atoms in total. The zero-order valence-electron chi connectivity index (χ0n) is 13.8. The SMILES string of the molecule is COc1ccc2c(c1)C(C(=O)O)CN(C(=O)OCc1ccccc1)C2. The largest absolute Gasteiger partial charge is 0.497 e. The summed E-state index contributed by atoms with van der Waals surface area (Å²) in [6.45, 7) is 0.545. The average molecular weight is 341 g/mol. The molecule has 2 aromatic rings. The van der Waals surface area contributed by atoms with Crippen LogP contribution in [0.5, 0.6) is 5.75 Å². The molecule has 25 heavy (non-hydrogen) atoms. The fourth-order valence-corrected chi connectivity index (χ4v) is 2.92. The molecule has 0 radical (unpaired) electrons. The van der Waals surface area contributed by atoms with E-state index in [2.05, 4.69) is 0 Å². The minimum absolute atomic E-state index is 0.0725. The van der Waals surface area contributed by atoms with E-state index < -0.39 is 18.0 Å². The van der Waals surface area contributed by atoms with Crippen molar-refractivity contribution in [2.24, 2.45) is 0 Å². The van der Waals surface area contributed by atoms with Crippen molar-refractivity contribution >= 4 is 12.1 Å². The second-order valence-corrected chi connectivity index (χ2v) is 5.88. The van der Waals surface area contributed by atoms with E-state index in [0.29, 0.717) is 17.9 Å². The van der Waals surface area contributed by atoms with Crippen molar-refractivity contribution in [3.8, 4) is 5.75 Å². The summed E-state index contributed by atoms with van der Waals surface area (Å²) in [7, 11) is 1.54. The number of amides is 1.